The first-order valence-electron chi connectivity index (χ1n) is 27.7. The number of rotatable bonds is 18. The minimum absolute atomic E-state index is 0.0126. The zero-order chi connectivity index (χ0) is 55.5. The van der Waals surface area contributed by atoms with Crippen molar-refractivity contribution in [3.05, 3.63) is 88.7 Å². The molecule has 416 valence electrons. The predicted octanol–water partition coefficient (Wildman–Crippen LogP) is 8.18. The molecule has 4 fully saturated rings. The number of likely N-dealkylation sites (tertiary alicyclic amines) is 2. The molecule has 6 aromatic rings. The largest absolute Gasteiger partial charge is 0.508 e. The first-order chi connectivity index (χ1) is 38.0. The molecule has 79 heavy (non-hydrogen) atoms. The van der Waals surface area contributed by atoms with E-state index in [0.29, 0.717) is 36.1 Å². The zero-order valence-corrected chi connectivity index (χ0v) is 46.2. The molecule has 3 aromatic heterocycles. The van der Waals surface area contributed by atoms with Crippen molar-refractivity contribution >= 4 is 56.6 Å². The molecule has 0 spiro atoms. The second-order valence-corrected chi connectivity index (χ2v) is 23.7. The number of thiazole rings is 1. The fourth-order valence-corrected chi connectivity index (χ4v) is 12.6. The summed E-state index contributed by atoms with van der Waals surface area (Å²) >= 11 is 1.58. The minimum Gasteiger partial charge on any atom is -0.508 e. The lowest BCUT2D eigenvalue weighted by Crippen LogP contribution is -2.57. The minimum atomic E-state index is -0.882. The molecule has 0 saturated carbocycles. The summed E-state index contributed by atoms with van der Waals surface area (Å²) in [6, 6.07) is 12.3. The van der Waals surface area contributed by atoms with Crippen molar-refractivity contribution in [2.45, 2.75) is 141 Å². The molecule has 3 amide bonds. The third-order valence-corrected chi connectivity index (χ3v) is 17.0. The van der Waals surface area contributed by atoms with E-state index in [0.717, 1.165) is 92.7 Å². The fraction of sp³-hybridized carbons (Fsp3) is 0.483. The Labute approximate surface area is 463 Å². The fourth-order valence-electron chi connectivity index (χ4n) is 11.8. The number of benzene rings is 3. The number of piperazine rings is 1. The number of ether oxygens (including phenoxy) is 1. The van der Waals surface area contributed by atoms with Crippen LogP contribution in [-0.4, -0.2) is 133 Å². The van der Waals surface area contributed by atoms with Crippen LogP contribution in [0.4, 0.5) is 14.6 Å². The van der Waals surface area contributed by atoms with Gasteiger partial charge in [0.1, 0.15) is 46.8 Å². The lowest BCUT2D eigenvalue weighted by molar-refractivity contribution is -0.144. The van der Waals surface area contributed by atoms with E-state index in [9.17, 15) is 24.6 Å². The van der Waals surface area contributed by atoms with Crippen LogP contribution in [0.3, 0.4) is 0 Å². The number of halogens is 2. The van der Waals surface area contributed by atoms with Gasteiger partial charge in [-0.05, 0) is 92.1 Å². The summed E-state index contributed by atoms with van der Waals surface area (Å²) in [7, 11) is 0. The Bertz CT molecular complexity index is 3250. The molecular formula is C60H70F2N10O6S. The van der Waals surface area contributed by atoms with E-state index in [1.54, 1.807) is 17.5 Å². The molecule has 4 saturated heterocycles. The number of nitrogens with one attached hydrogen (secondary N) is 3. The molecule has 4 aliphatic heterocycles. The van der Waals surface area contributed by atoms with Gasteiger partial charge in [0, 0.05) is 81.3 Å². The van der Waals surface area contributed by atoms with Crippen molar-refractivity contribution in [1.82, 2.24) is 45.7 Å². The van der Waals surface area contributed by atoms with Crippen LogP contribution >= 0.6 is 11.3 Å². The molecule has 4 aliphatic rings. The van der Waals surface area contributed by atoms with Gasteiger partial charge in [-0.3, -0.25) is 19.4 Å². The highest BCUT2D eigenvalue weighted by molar-refractivity contribution is 7.13. The van der Waals surface area contributed by atoms with Gasteiger partial charge in [0.25, 0.3) is 0 Å². The number of nitrogens with zero attached hydrogens (tertiary/aromatic N) is 7. The molecule has 2 bridgehead atoms. The first-order valence-corrected chi connectivity index (χ1v) is 28.6. The number of terminal acetylenes is 1. The Morgan fingerprint density at radius 2 is 1.68 bits per heavy atom. The molecule has 10 rings (SSSR count). The van der Waals surface area contributed by atoms with Crippen molar-refractivity contribution in [1.29, 1.82) is 0 Å². The lowest BCUT2D eigenvalue weighted by atomic mass is 9.85. The third-order valence-electron chi connectivity index (χ3n) is 16.0. The van der Waals surface area contributed by atoms with Crippen molar-refractivity contribution in [2.24, 2.45) is 5.41 Å². The summed E-state index contributed by atoms with van der Waals surface area (Å²) in [5.41, 5.74) is 4.08. The Kier molecular flexibility index (Phi) is 16.7. The number of hydrogen-bond acceptors (Lipinski definition) is 14. The number of aromatic hydroxyl groups is 1. The highest BCUT2D eigenvalue weighted by Gasteiger charge is 2.44. The first kappa shape index (κ1) is 55.5. The Hall–Kier alpha value is -6.85. The number of aliphatic hydroxyl groups is 1. The van der Waals surface area contributed by atoms with Crippen LogP contribution in [0.5, 0.6) is 11.8 Å². The molecule has 7 heterocycles. The maximum Gasteiger partial charge on any atom is 0.319 e. The number of fused-ring (bicyclic) bond motifs is 4. The number of carbonyl (C=O) groups excluding carboxylic acids is 3. The summed E-state index contributed by atoms with van der Waals surface area (Å²) in [6.45, 7) is 11.8. The number of hydrogen-bond donors (Lipinski definition) is 5. The van der Waals surface area contributed by atoms with Crippen molar-refractivity contribution < 1.29 is 38.1 Å². The van der Waals surface area contributed by atoms with E-state index in [-0.39, 0.29) is 101 Å². The number of aliphatic hydroxyl groups excluding tert-OH is 1. The van der Waals surface area contributed by atoms with Crippen LogP contribution in [0.25, 0.3) is 43.4 Å². The van der Waals surface area contributed by atoms with Gasteiger partial charge in [-0.25, -0.2) is 13.8 Å². The van der Waals surface area contributed by atoms with Crippen LogP contribution in [0.15, 0.2) is 60.2 Å². The molecular weight excluding hydrogens is 1030 g/mol. The number of phenols is 1. The lowest BCUT2D eigenvalue weighted by Gasteiger charge is -2.35. The van der Waals surface area contributed by atoms with Crippen LogP contribution < -0.4 is 25.6 Å². The Morgan fingerprint density at radius 3 is 2.39 bits per heavy atom. The molecule has 0 aliphatic carbocycles. The standard InChI is InChI=1S/C60H70F2N10O6S/c1-6-44-47(61)20-17-38-26-41(73)27-45(50(38)44)52-51(62)53-46(30-63-52)56(71-31-39-18-19-40(32-71)66-39)69-59(68-53)78-43-21-24-70(25-22-43)23-11-9-7-8-10-12-49(75)67-55(60(3,4)5)58(77)72-33-42(74)28-48(72)57(76)64-29-36-13-15-37(16-14-36)54-35(2)65-34-79-54/h1,13-17,20,26-27,30,34,39-40,42-43,48,55,66,73-74H,7-12,18-19,21-25,28-29,31-33H2,2-5H3,(H,64,76)(H,67,75)/t39?,40?,42-,48?,55-/m1/s1. The van der Waals surface area contributed by atoms with E-state index in [4.69, 9.17) is 16.1 Å². The van der Waals surface area contributed by atoms with Gasteiger partial charge in [-0.1, -0.05) is 76.3 Å². The molecule has 3 aromatic carbocycles. The van der Waals surface area contributed by atoms with Crippen LogP contribution in [-0.2, 0) is 20.9 Å². The predicted molar refractivity (Wildman–Crippen MR) is 301 cm³/mol. The van der Waals surface area contributed by atoms with E-state index >= 15 is 8.78 Å². The molecule has 5 atom stereocenters. The number of amides is 3. The average molecular weight is 1100 g/mol. The van der Waals surface area contributed by atoms with Gasteiger partial charge in [-0.2, -0.15) is 9.97 Å². The van der Waals surface area contributed by atoms with Gasteiger partial charge in [-0.15, -0.1) is 17.8 Å². The van der Waals surface area contributed by atoms with Crippen molar-refractivity contribution in [3.8, 4) is 45.8 Å². The normalized spacial score (nSPS) is 20.2. The summed E-state index contributed by atoms with van der Waals surface area (Å²) in [5.74, 6) is 0.457. The summed E-state index contributed by atoms with van der Waals surface area (Å²) in [4.78, 5) is 66.6. The highest BCUT2D eigenvalue weighted by atomic mass is 32.1. The quantitative estimate of drug-likeness (QED) is 0.0409. The van der Waals surface area contributed by atoms with Crippen LogP contribution in [0, 0.1) is 36.3 Å². The van der Waals surface area contributed by atoms with Gasteiger partial charge in [0.2, 0.25) is 17.7 Å². The summed E-state index contributed by atoms with van der Waals surface area (Å²) in [6.07, 6.45) is 14.7. The Morgan fingerprint density at radius 1 is 0.949 bits per heavy atom. The maximum atomic E-state index is 17.1. The topological polar surface area (TPSA) is 198 Å². The molecule has 5 N–H and O–H groups in total. The van der Waals surface area contributed by atoms with Gasteiger partial charge < -0.3 is 45.6 Å². The number of aromatic nitrogens is 4. The molecule has 19 heteroatoms. The van der Waals surface area contributed by atoms with Crippen LogP contribution in [0.1, 0.15) is 108 Å². The number of aryl methyl sites for hydroxylation is 1. The van der Waals surface area contributed by atoms with E-state index < -0.39 is 35.2 Å². The number of phenolic OH excluding ortho intramolecular Hbond substituents is 1. The second kappa shape index (κ2) is 23.9. The highest BCUT2D eigenvalue weighted by Crippen LogP contribution is 2.40. The third kappa shape index (κ3) is 12.5. The van der Waals surface area contributed by atoms with Crippen molar-refractivity contribution in [2.75, 3.05) is 44.2 Å². The van der Waals surface area contributed by atoms with E-state index in [2.05, 4.69) is 46.6 Å². The number of β-amino-alcohol motifs (C(OH)–C–C–N with tert-alkyl or cyclic N) is 1. The zero-order valence-electron chi connectivity index (χ0n) is 45.4. The SMILES string of the molecule is C#Cc1c(F)ccc2cc(O)cc(-c3ncc4c(N5CC6CCC(C5)N6)nc(OC5CCN(CCCCCCCC(=O)N[C@H](C(=O)N6C[C@H](O)CC6C(=O)NCc6ccc(-c7scnc7C)cc6)C(C)(C)C)CC5)nc4c3F)c12. The van der Waals surface area contributed by atoms with Gasteiger partial charge in [0.05, 0.1) is 33.1 Å². The second-order valence-electron chi connectivity index (χ2n) is 22.8. The molecule has 16 nitrogen and oxygen atoms in total. The summed E-state index contributed by atoms with van der Waals surface area (Å²) < 4.78 is 38.6. The summed E-state index contributed by atoms with van der Waals surface area (Å²) in [5, 5.41) is 32.1. The van der Waals surface area contributed by atoms with Crippen molar-refractivity contribution in [3.63, 3.8) is 0 Å². The molecule has 3 unspecified atom stereocenters. The van der Waals surface area contributed by atoms with Crippen LogP contribution in [0.2, 0.25) is 0 Å². The number of anilines is 1. The van der Waals surface area contributed by atoms with E-state index in [1.807, 2.05) is 57.5 Å². The maximum absolute atomic E-state index is 17.1. The average Bonchev–Trinajstić information content (AvgIpc) is 4.15. The van der Waals surface area contributed by atoms with Gasteiger partial charge >= 0.3 is 6.01 Å². The Balaban J connectivity index is 0.690. The number of pyridine rings is 1. The number of piperidine rings is 1. The molecule has 0 radical (unpaired) electrons. The van der Waals surface area contributed by atoms with Gasteiger partial charge in [0.15, 0.2) is 5.82 Å². The number of carbonyl (C=O) groups is 3. The number of unbranched alkanes of at least 4 members (excludes halogenated alkanes) is 4. The monoisotopic (exact) mass is 1100 g/mol. The smallest absolute Gasteiger partial charge is 0.319 e. The van der Waals surface area contributed by atoms with E-state index in [1.165, 1.54) is 29.2 Å².